The molecular weight excluding hydrogens is 228 g/mol. The molecule has 1 aliphatic carbocycles. The molecule has 2 N–H and O–H groups in total. The number of aromatic nitrogens is 2. The lowest BCUT2D eigenvalue weighted by molar-refractivity contribution is -0.121. The average molecular weight is 250 g/mol. The van der Waals surface area contributed by atoms with Gasteiger partial charge in [0.05, 0.1) is 18.9 Å². The summed E-state index contributed by atoms with van der Waals surface area (Å²) >= 11 is 0. The van der Waals surface area contributed by atoms with Gasteiger partial charge in [-0.15, -0.1) is 0 Å². The standard InChI is InChI=1S/C13H22N4O/c1-10(2)15-8-13(18)16-11-4-3-5-12(11)17-7-6-14-9-17/h6-7,9-12,15H,3-5,8H2,1-2H3,(H,16,18). The van der Waals surface area contributed by atoms with E-state index in [0.717, 1.165) is 19.3 Å². The zero-order chi connectivity index (χ0) is 13.0. The maximum Gasteiger partial charge on any atom is 0.234 e. The lowest BCUT2D eigenvalue weighted by Crippen LogP contribution is -2.43. The van der Waals surface area contributed by atoms with E-state index in [2.05, 4.69) is 20.2 Å². The number of amides is 1. The van der Waals surface area contributed by atoms with Crippen LogP contribution in [0.4, 0.5) is 0 Å². The molecule has 5 heteroatoms. The molecule has 1 aromatic rings. The second-order valence-corrected chi connectivity index (χ2v) is 5.22. The number of carbonyl (C=O) groups excluding carboxylic acids is 1. The summed E-state index contributed by atoms with van der Waals surface area (Å²) < 4.78 is 2.10. The maximum absolute atomic E-state index is 11.8. The van der Waals surface area contributed by atoms with Crippen LogP contribution in [0.1, 0.15) is 39.2 Å². The van der Waals surface area contributed by atoms with Gasteiger partial charge >= 0.3 is 0 Å². The minimum atomic E-state index is 0.0840. The van der Waals surface area contributed by atoms with Crippen LogP contribution in [-0.2, 0) is 4.79 Å². The molecule has 1 aromatic heterocycles. The Kier molecular flexibility index (Phi) is 4.36. The quantitative estimate of drug-likeness (QED) is 0.822. The van der Waals surface area contributed by atoms with E-state index in [9.17, 15) is 4.79 Å². The Morgan fingerprint density at radius 2 is 2.33 bits per heavy atom. The summed E-state index contributed by atoms with van der Waals surface area (Å²) in [4.78, 5) is 15.9. The number of hydrogen-bond acceptors (Lipinski definition) is 3. The highest BCUT2D eigenvalue weighted by Gasteiger charge is 2.29. The monoisotopic (exact) mass is 250 g/mol. The Bertz CT molecular complexity index is 374. The van der Waals surface area contributed by atoms with E-state index in [1.807, 2.05) is 26.4 Å². The molecular formula is C13H22N4O. The zero-order valence-corrected chi connectivity index (χ0v) is 11.1. The number of hydrogen-bond donors (Lipinski definition) is 2. The predicted molar refractivity (Wildman–Crippen MR) is 70.2 cm³/mol. The number of nitrogens with one attached hydrogen (secondary N) is 2. The van der Waals surface area contributed by atoms with Crippen LogP contribution in [0.25, 0.3) is 0 Å². The van der Waals surface area contributed by atoms with Crippen molar-refractivity contribution in [2.75, 3.05) is 6.54 Å². The van der Waals surface area contributed by atoms with Crippen molar-refractivity contribution < 1.29 is 4.79 Å². The van der Waals surface area contributed by atoms with Crippen LogP contribution in [0.15, 0.2) is 18.7 Å². The summed E-state index contributed by atoms with van der Waals surface area (Å²) in [6.07, 6.45) is 8.92. The van der Waals surface area contributed by atoms with Crippen LogP contribution in [0.3, 0.4) is 0 Å². The van der Waals surface area contributed by atoms with E-state index in [1.165, 1.54) is 0 Å². The van der Waals surface area contributed by atoms with Gasteiger partial charge in [-0.05, 0) is 19.3 Å². The molecule has 0 spiro atoms. The van der Waals surface area contributed by atoms with Gasteiger partial charge < -0.3 is 15.2 Å². The van der Waals surface area contributed by atoms with Crippen LogP contribution in [0.5, 0.6) is 0 Å². The van der Waals surface area contributed by atoms with Crippen molar-refractivity contribution in [1.82, 2.24) is 20.2 Å². The number of nitrogens with zero attached hydrogens (tertiary/aromatic N) is 2. The van der Waals surface area contributed by atoms with Crippen LogP contribution in [0.2, 0.25) is 0 Å². The van der Waals surface area contributed by atoms with Gasteiger partial charge in [-0.2, -0.15) is 0 Å². The van der Waals surface area contributed by atoms with E-state index < -0.39 is 0 Å². The third-order valence-electron chi connectivity index (χ3n) is 3.40. The highest BCUT2D eigenvalue weighted by Crippen LogP contribution is 2.29. The second kappa shape index (κ2) is 6.00. The Hall–Kier alpha value is -1.36. The van der Waals surface area contributed by atoms with Gasteiger partial charge in [0.1, 0.15) is 0 Å². The molecule has 1 saturated carbocycles. The predicted octanol–water partition coefficient (Wildman–Crippen LogP) is 1.09. The van der Waals surface area contributed by atoms with Crippen molar-refractivity contribution in [3.8, 4) is 0 Å². The summed E-state index contributed by atoms with van der Waals surface area (Å²) in [6, 6.07) is 0.930. The first-order chi connectivity index (χ1) is 8.66. The SMILES string of the molecule is CC(C)NCC(=O)NC1CCCC1n1ccnc1. The molecule has 18 heavy (non-hydrogen) atoms. The zero-order valence-electron chi connectivity index (χ0n) is 11.1. The van der Waals surface area contributed by atoms with Gasteiger partial charge in [-0.1, -0.05) is 13.8 Å². The fraction of sp³-hybridized carbons (Fsp3) is 0.692. The number of imidazole rings is 1. The lowest BCUT2D eigenvalue weighted by Gasteiger charge is -2.22. The molecule has 2 atom stereocenters. The first kappa shape index (κ1) is 13.1. The minimum absolute atomic E-state index is 0.0840. The largest absolute Gasteiger partial charge is 0.350 e. The Balaban J connectivity index is 1.86. The van der Waals surface area contributed by atoms with E-state index in [0.29, 0.717) is 18.6 Å². The molecule has 100 valence electrons. The molecule has 5 nitrogen and oxygen atoms in total. The maximum atomic E-state index is 11.8. The molecule has 1 amide bonds. The van der Waals surface area contributed by atoms with Crippen LogP contribution < -0.4 is 10.6 Å². The van der Waals surface area contributed by atoms with Gasteiger partial charge in [0.15, 0.2) is 0 Å². The average Bonchev–Trinajstić information content (AvgIpc) is 2.95. The van der Waals surface area contributed by atoms with E-state index >= 15 is 0 Å². The van der Waals surface area contributed by atoms with Crippen molar-refractivity contribution in [1.29, 1.82) is 0 Å². The van der Waals surface area contributed by atoms with E-state index in [1.54, 1.807) is 6.20 Å². The molecule has 1 aliphatic rings. The third kappa shape index (κ3) is 3.32. The second-order valence-electron chi connectivity index (χ2n) is 5.22. The van der Waals surface area contributed by atoms with Crippen molar-refractivity contribution in [3.63, 3.8) is 0 Å². The van der Waals surface area contributed by atoms with Crippen molar-refractivity contribution in [2.24, 2.45) is 0 Å². The summed E-state index contributed by atoms with van der Waals surface area (Å²) in [5, 5.41) is 6.26. The molecule has 0 aromatic carbocycles. The molecule has 2 rings (SSSR count). The Morgan fingerprint density at radius 1 is 1.50 bits per heavy atom. The van der Waals surface area contributed by atoms with Crippen molar-refractivity contribution in [3.05, 3.63) is 18.7 Å². The lowest BCUT2D eigenvalue weighted by atomic mass is 10.1. The van der Waals surface area contributed by atoms with Gasteiger partial charge in [-0.25, -0.2) is 4.98 Å². The van der Waals surface area contributed by atoms with Crippen LogP contribution in [-0.4, -0.2) is 34.1 Å². The van der Waals surface area contributed by atoms with Gasteiger partial charge in [0, 0.05) is 24.5 Å². The third-order valence-corrected chi connectivity index (χ3v) is 3.40. The fourth-order valence-corrected chi connectivity index (χ4v) is 2.49. The number of carbonyl (C=O) groups is 1. The fourth-order valence-electron chi connectivity index (χ4n) is 2.49. The Labute approximate surface area is 108 Å². The van der Waals surface area contributed by atoms with Crippen LogP contribution >= 0.6 is 0 Å². The first-order valence-corrected chi connectivity index (χ1v) is 6.67. The molecule has 0 saturated heterocycles. The number of rotatable bonds is 5. The minimum Gasteiger partial charge on any atom is -0.350 e. The molecule has 0 aliphatic heterocycles. The van der Waals surface area contributed by atoms with Crippen LogP contribution in [0, 0.1) is 0 Å². The van der Waals surface area contributed by atoms with Gasteiger partial charge in [0.25, 0.3) is 0 Å². The van der Waals surface area contributed by atoms with Crippen molar-refractivity contribution >= 4 is 5.91 Å². The van der Waals surface area contributed by atoms with Crippen molar-refractivity contribution in [2.45, 2.75) is 51.2 Å². The highest BCUT2D eigenvalue weighted by atomic mass is 16.2. The normalized spacial score (nSPS) is 23.5. The summed E-state index contributed by atoms with van der Waals surface area (Å²) in [5.74, 6) is 0.0840. The van der Waals surface area contributed by atoms with Gasteiger partial charge in [0.2, 0.25) is 5.91 Å². The van der Waals surface area contributed by atoms with E-state index in [-0.39, 0.29) is 11.9 Å². The molecule has 1 heterocycles. The highest BCUT2D eigenvalue weighted by molar-refractivity contribution is 5.78. The van der Waals surface area contributed by atoms with Gasteiger partial charge in [-0.3, -0.25) is 4.79 Å². The molecule has 2 unspecified atom stereocenters. The topological polar surface area (TPSA) is 59.0 Å². The molecule has 0 radical (unpaired) electrons. The first-order valence-electron chi connectivity index (χ1n) is 6.67. The summed E-state index contributed by atoms with van der Waals surface area (Å²) in [6.45, 7) is 4.47. The smallest absolute Gasteiger partial charge is 0.234 e. The Morgan fingerprint density at radius 3 is 3.00 bits per heavy atom. The summed E-state index contributed by atoms with van der Waals surface area (Å²) in [5.41, 5.74) is 0. The van der Waals surface area contributed by atoms with E-state index in [4.69, 9.17) is 0 Å². The summed E-state index contributed by atoms with van der Waals surface area (Å²) in [7, 11) is 0. The molecule has 1 fully saturated rings. The molecule has 0 bridgehead atoms.